The van der Waals surface area contributed by atoms with E-state index in [1.54, 1.807) is 11.3 Å². The average molecular weight is 311 g/mol. The standard InChI is InChI=1S/C16H25NO3S/c18-14(10-19-11-15-3-2-7-20-15)9-17-6-1-4-16(17)13-5-8-21-12-13/h5,8,12,14-16,18H,1-4,6-7,9-11H2/t14-,15-,16-/m0/s1. The van der Waals surface area contributed by atoms with Gasteiger partial charge in [0.25, 0.3) is 0 Å². The number of aliphatic hydroxyl groups excluding tert-OH is 1. The first-order valence-electron chi connectivity index (χ1n) is 7.96. The van der Waals surface area contributed by atoms with Crippen LogP contribution in [0.2, 0.25) is 0 Å². The molecule has 0 amide bonds. The Morgan fingerprint density at radius 1 is 1.43 bits per heavy atom. The van der Waals surface area contributed by atoms with Crippen molar-refractivity contribution in [3.05, 3.63) is 22.4 Å². The Labute approximate surface area is 130 Å². The molecule has 0 radical (unpaired) electrons. The first-order valence-corrected chi connectivity index (χ1v) is 8.91. The molecule has 4 nitrogen and oxygen atoms in total. The minimum absolute atomic E-state index is 0.238. The molecule has 3 atom stereocenters. The summed E-state index contributed by atoms with van der Waals surface area (Å²) < 4.78 is 11.1. The monoisotopic (exact) mass is 311 g/mol. The third-order valence-electron chi connectivity index (χ3n) is 4.37. The molecule has 118 valence electrons. The topological polar surface area (TPSA) is 41.9 Å². The summed E-state index contributed by atoms with van der Waals surface area (Å²) in [5.41, 5.74) is 1.39. The first kappa shape index (κ1) is 15.4. The van der Waals surface area contributed by atoms with Crippen LogP contribution >= 0.6 is 11.3 Å². The first-order chi connectivity index (χ1) is 10.3. The van der Waals surface area contributed by atoms with Crippen LogP contribution in [0.5, 0.6) is 0 Å². The molecule has 2 saturated heterocycles. The third kappa shape index (κ3) is 4.27. The summed E-state index contributed by atoms with van der Waals surface area (Å²) in [6, 6.07) is 2.68. The van der Waals surface area contributed by atoms with Crippen molar-refractivity contribution in [2.24, 2.45) is 0 Å². The Hall–Kier alpha value is -0.460. The molecule has 0 aromatic carbocycles. The van der Waals surface area contributed by atoms with Crippen LogP contribution in [0.25, 0.3) is 0 Å². The highest BCUT2D eigenvalue weighted by atomic mass is 32.1. The normalized spacial score (nSPS) is 28.2. The fraction of sp³-hybridized carbons (Fsp3) is 0.750. The molecule has 21 heavy (non-hydrogen) atoms. The second kappa shape index (κ2) is 7.70. The van der Waals surface area contributed by atoms with Gasteiger partial charge in [-0.05, 0) is 54.6 Å². The summed E-state index contributed by atoms with van der Waals surface area (Å²) in [6.07, 6.45) is 4.45. The molecule has 0 spiro atoms. The number of nitrogens with zero attached hydrogens (tertiary/aromatic N) is 1. The number of thiophene rings is 1. The van der Waals surface area contributed by atoms with Gasteiger partial charge in [0.1, 0.15) is 0 Å². The number of β-amino-alcohol motifs (C(OH)–C–C–N with tert-alkyl or cyclic N) is 1. The van der Waals surface area contributed by atoms with Crippen LogP contribution in [0.3, 0.4) is 0 Å². The van der Waals surface area contributed by atoms with Crippen LogP contribution in [0, 0.1) is 0 Å². The maximum atomic E-state index is 10.2. The van der Waals surface area contributed by atoms with E-state index in [4.69, 9.17) is 9.47 Å². The smallest absolute Gasteiger partial charge is 0.0900 e. The quantitative estimate of drug-likeness (QED) is 0.840. The predicted molar refractivity (Wildman–Crippen MR) is 83.7 cm³/mol. The molecule has 1 aromatic rings. The van der Waals surface area contributed by atoms with Crippen LogP contribution < -0.4 is 0 Å². The van der Waals surface area contributed by atoms with E-state index < -0.39 is 6.10 Å². The van der Waals surface area contributed by atoms with Crippen molar-refractivity contribution in [3.63, 3.8) is 0 Å². The summed E-state index contributed by atoms with van der Waals surface area (Å²) in [5, 5.41) is 14.6. The van der Waals surface area contributed by atoms with Gasteiger partial charge >= 0.3 is 0 Å². The van der Waals surface area contributed by atoms with E-state index in [-0.39, 0.29) is 6.10 Å². The lowest BCUT2D eigenvalue weighted by Gasteiger charge is -2.26. The van der Waals surface area contributed by atoms with Gasteiger partial charge in [-0.3, -0.25) is 4.90 Å². The minimum atomic E-state index is -0.411. The van der Waals surface area contributed by atoms with E-state index in [0.29, 0.717) is 25.8 Å². The van der Waals surface area contributed by atoms with Crippen LogP contribution in [0.15, 0.2) is 16.8 Å². The lowest BCUT2D eigenvalue weighted by atomic mass is 10.1. The van der Waals surface area contributed by atoms with Crippen molar-refractivity contribution in [1.82, 2.24) is 4.90 Å². The van der Waals surface area contributed by atoms with E-state index >= 15 is 0 Å². The van der Waals surface area contributed by atoms with Crippen molar-refractivity contribution < 1.29 is 14.6 Å². The molecule has 3 heterocycles. The SMILES string of the molecule is O[C@H](COC[C@@H]1CCCO1)CN1CCC[C@H]1c1ccsc1. The van der Waals surface area contributed by atoms with Crippen molar-refractivity contribution in [2.75, 3.05) is 32.9 Å². The summed E-state index contributed by atoms with van der Waals surface area (Å²) in [5.74, 6) is 0. The number of ether oxygens (including phenoxy) is 2. The van der Waals surface area contributed by atoms with Gasteiger partial charge < -0.3 is 14.6 Å². The Bertz CT molecular complexity index is 406. The Morgan fingerprint density at radius 3 is 3.14 bits per heavy atom. The van der Waals surface area contributed by atoms with Gasteiger partial charge in [0.05, 0.1) is 25.4 Å². The highest BCUT2D eigenvalue weighted by molar-refractivity contribution is 7.07. The van der Waals surface area contributed by atoms with Crippen LogP contribution in [-0.2, 0) is 9.47 Å². The highest BCUT2D eigenvalue weighted by Gasteiger charge is 2.27. The maximum Gasteiger partial charge on any atom is 0.0900 e. The number of hydrogen-bond donors (Lipinski definition) is 1. The van der Waals surface area contributed by atoms with Gasteiger partial charge in [-0.15, -0.1) is 0 Å². The summed E-state index contributed by atoms with van der Waals surface area (Å²) in [6.45, 7) is 3.65. The van der Waals surface area contributed by atoms with Gasteiger partial charge in [-0.1, -0.05) is 0 Å². The summed E-state index contributed by atoms with van der Waals surface area (Å²) in [7, 11) is 0. The van der Waals surface area contributed by atoms with Crippen molar-refractivity contribution in [1.29, 1.82) is 0 Å². The highest BCUT2D eigenvalue weighted by Crippen LogP contribution is 2.32. The molecule has 0 bridgehead atoms. The van der Waals surface area contributed by atoms with Gasteiger partial charge in [-0.25, -0.2) is 0 Å². The number of aliphatic hydroxyl groups is 1. The molecule has 1 N–H and O–H groups in total. The fourth-order valence-electron chi connectivity index (χ4n) is 3.32. The van der Waals surface area contributed by atoms with Gasteiger partial charge in [-0.2, -0.15) is 11.3 Å². The minimum Gasteiger partial charge on any atom is -0.389 e. The molecule has 2 aliphatic rings. The number of hydrogen-bond acceptors (Lipinski definition) is 5. The molecule has 0 aliphatic carbocycles. The van der Waals surface area contributed by atoms with Gasteiger partial charge in [0.15, 0.2) is 0 Å². The van der Waals surface area contributed by atoms with E-state index in [0.717, 1.165) is 26.0 Å². The van der Waals surface area contributed by atoms with E-state index in [1.165, 1.54) is 18.4 Å². The Balaban J connectivity index is 1.40. The molecule has 2 fully saturated rings. The molecule has 1 aromatic heterocycles. The van der Waals surface area contributed by atoms with Gasteiger partial charge in [0, 0.05) is 19.2 Å². The van der Waals surface area contributed by atoms with Crippen molar-refractivity contribution >= 4 is 11.3 Å². The van der Waals surface area contributed by atoms with E-state index in [9.17, 15) is 5.11 Å². The fourth-order valence-corrected chi connectivity index (χ4v) is 4.03. The third-order valence-corrected chi connectivity index (χ3v) is 5.08. The van der Waals surface area contributed by atoms with E-state index in [2.05, 4.69) is 21.7 Å². The largest absolute Gasteiger partial charge is 0.389 e. The van der Waals surface area contributed by atoms with Crippen LogP contribution in [0.1, 0.15) is 37.3 Å². The molecule has 0 unspecified atom stereocenters. The maximum absolute atomic E-state index is 10.2. The van der Waals surface area contributed by atoms with Crippen LogP contribution in [-0.4, -0.2) is 55.1 Å². The molecule has 5 heteroatoms. The molecule has 2 aliphatic heterocycles. The van der Waals surface area contributed by atoms with Crippen LogP contribution in [0.4, 0.5) is 0 Å². The predicted octanol–water partition coefficient (Wildman–Crippen LogP) is 2.44. The van der Waals surface area contributed by atoms with Crippen molar-refractivity contribution in [2.45, 2.75) is 43.9 Å². The molecular formula is C16H25NO3S. The second-order valence-electron chi connectivity index (χ2n) is 6.04. The average Bonchev–Trinajstić information content (AvgIpc) is 3.20. The Kier molecular flexibility index (Phi) is 5.66. The molecule has 3 rings (SSSR count). The molecule has 0 saturated carbocycles. The zero-order chi connectivity index (χ0) is 14.5. The summed E-state index contributed by atoms with van der Waals surface area (Å²) >= 11 is 1.75. The van der Waals surface area contributed by atoms with Gasteiger partial charge in [0.2, 0.25) is 0 Å². The second-order valence-corrected chi connectivity index (χ2v) is 6.82. The molecular weight excluding hydrogens is 286 g/mol. The lowest BCUT2D eigenvalue weighted by molar-refractivity contribution is -0.0261. The summed E-state index contributed by atoms with van der Waals surface area (Å²) in [4.78, 5) is 2.39. The van der Waals surface area contributed by atoms with E-state index in [1.807, 2.05) is 0 Å². The Morgan fingerprint density at radius 2 is 2.38 bits per heavy atom. The number of likely N-dealkylation sites (tertiary alicyclic amines) is 1. The lowest BCUT2D eigenvalue weighted by Crippen LogP contribution is -2.35. The number of rotatable bonds is 7. The van der Waals surface area contributed by atoms with Crippen molar-refractivity contribution in [3.8, 4) is 0 Å². The zero-order valence-electron chi connectivity index (χ0n) is 12.4. The zero-order valence-corrected chi connectivity index (χ0v) is 13.3.